The van der Waals surface area contributed by atoms with Crippen LogP contribution in [-0.2, 0) is 10.0 Å². The van der Waals surface area contributed by atoms with Crippen LogP contribution in [0.5, 0.6) is 6.01 Å². The number of hydrogen-bond acceptors (Lipinski definition) is 8. The van der Waals surface area contributed by atoms with Crippen LogP contribution < -0.4 is 14.5 Å². The number of aromatic nitrogens is 3. The average molecular weight is 632 g/mol. The second-order valence-corrected chi connectivity index (χ2v) is 14.2. The fourth-order valence-corrected chi connectivity index (χ4v) is 8.97. The lowest BCUT2D eigenvalue weighted by molar-refractivity contribution is 0.166. The van der Waals surface area contributed by atoms with Crippen LogP contribution in [0.2, 0.25) is 10.0 Å². The van der Waals surface area contributed by atoms with Crippen LogP contribution >= 0.6 is 23.2 Å². The molecule has 4 heterocycles. The van der Waals surface area contributed by atoms with Crippen molar-refractivity contribution in [2.24, 2.45) is 5.41 Å². The number of sulfonamides is 1. The van der Waals surface area contributed by atoms with E-state index in [1.54, 1.807) is 25.3 Å². The van der Waals surface area contributed by atoms with Crippen LogP contribution in [0.15, 0.2) is 53.8 Å². The summed E-state index contributed by atoms with van der Waals surface area (Å²) in [5, 5.41) is 0.281. The van der Waals surface area contributed by atoms with E-state index in [0.717, 1.165) is 57.7 Å². The minimum absolute atomic E-state index is 0.0399. The summed E-state index contributed by atoms with van der Waals surface area (Å²) in [5.74, 6) is 0.842. The van der Waals surface area contributed by atoms with E-state index < -0.39 is 10.0 Å². The molecule has 0 unspecified atom stereocenters. The first-order valence-electron chi connectivity index (χ1n) is 14.6. The summed E-state index contributed by atoms with van der Waals surface area (Å²) in [6.45, 7) is 6.08. The first-order chi connectivity index (χ1) is 20.3. The maximum absolute atomic E-state index is 13.6. The standard InChI is InChI=1S/C30H36Cl2N6O3S/c1-22-2-5-25(31)28(27(22)32)42(39,40)38(24-3-4-24)20-21-41-29-34-15-8-26(35-29)37-18-11-30(12-19-37)9-16-36(17-10-30)23-6-13-33-14-7-23/h2,5-8,13-15,24H,3-4,9-12,16-21H2,1H3. The zero-order valence-corrected chi connectivity index (χ0v) is 26.1. The molecule has 2 aliphatic heterocycles. The molecule has 1 aliphatic carbocycles. The molecule has 42 heavy (non-hydrogen) atoms. The summed E-state index contributed by atoms with van der Waals surface area (Å²) in [7, 11) is -3.90. The Hall–Kier alpha value is -2.66. The van der Waals surface area contributed by atoms with Crippen molar-refractivity contribution in [3.63, 3.8) is 0 Å². The van der Waals surface area contributed by atoms with Gasteiger partial charge in [-0.15, -0.1) is 0 Å². The molecule has 1 spiro atoms. The lowest BCUT2D eigenvalue weighted by Gasteiger charge is -2.47. The first kappa shape index (κ1) is 29.4. The highest BCUT2D eigenvalue weighted by Gasteiger charge is 2.40. The Labute approximate surface area is 257 Å². The second-order valence-electron chi connectivity index (χ2n) is 11.6. The van der Waals surface area contributed by atoms with E-state index in [2.05, 4.69) is 36.9 Å². The summed E-state index contributed by atoms with van der Waals surface area (Å²) in [5.41, 5.74) is 2.30. The molecule has 0 bridgehead atoms. The van der Waals surface area contributed by atoms with Gasteiger partial charge in [-0.1, -0.05) is 29.3 Å². The van der Waals surface area contributed by atoms with Crippen LogP contribution in [0.25, 0.3) is 0 Å². The van der Waals surface area contributed by atoms with Crippen LogP contribution in [0, 0.1) is 12.3 Å². The number of ether oxygens (including phenoxy) is 1. The Morgan fingerprint density at radius 3 is 2.29 bits per heavy atom. The van der Waals surface area contributed by atoms with Crippen molar-refractivity contribution in [3.05, 3.63) is 64.5 Å². The Kier molecular flexibility index (Phi) is 8.51. The van der Waals surface area contributed by atoms with Gasteiger partial charge in [0.15, 0.2) is 0 Å². The largest absolute Gasteiger partial charge is 0.462 e. The minimum Gasteiger partial charge on any atom is -0.462 e. The van der Waals surface area contributed by atoms with Gasteiger partial charge in [0.05, 0.1) is 10.0 Å². The number of anilines is 2. The van der Waals surface area contributed by atoms with Gasteiger partial charge in [0.1, 0.15) is 17.3 Å². The molecule has 0 atom stereocenters. The normalized spacial score (nSPS) is 19.0. The van der Waals surface area contributed by atoms with Crippen LogP contribution in [0.3, 0.4) is 0 Å². The first-order valence-corrected chi connectivity index (χ1v) is 16.8. The van der Waals surface area contributed by atoms with Gasteiger partial charge in [-0.3, -0.25) is 4.98 Å². The Morgan fingerprint density at radius 2 is 1.62 bits per heavy atom. The van der Waals surface area contributed by atoms with Crippen molar-refractivity contribution in [3.8, 4) is 6.01 Å². The quantitative estimate of drug-likeness (QED) is 0.301. The molecule has 1 saturated carbocycles. The molecule has 3 aromatic rings. The van der Waals surface area contributed by atoms with Gasteiger partial charge in [-0.25, -0.2) is 13.4 Å². The molecule has 0 N–H and O–H groups in total. The van der Waals surface area contributed by atoms with Crippen molar-refractivity contribution in [1.82, 2.24) is 19.3 Å². The SMILES string of the molecule is Cc1ccc(Cl)c(S(=O)(=O)N(CCOc2nccc(N3CCC4(CCN(c5ccncc5)CC4)CC3)n2)C2CC2)c1Cl. The molecule has 2 saturated heterocycles. The van der Waals surface area contributed by atoms with Crippen molar-refractivity contribution in [2.75, 3.05) is 49.1 Å². The summed E-state index contributed by atoms with van der Waals surface area (Å²) in [4.78, 5) is 17.8. The lowest BCUT2D eigenvalue weighted by atomic mass is 9.71. The van der Waals surface area contributed by atoms with Crippen LogP contribution in [0.4, 0.5) is 11.5 Å². The van der Waals surface area contributed by atoms with Crippen molar-refractivity contribution in [2.45, 2.75) is 56.4 Å². The summed E-state index contributed by atoms with van der Waals surface area (Å²) in [6, 6.07) is 9.55. The van der Waals surface area contributed by atoms with E-state index >= 15 is 0 Å². The van der Waals surface area contributed by atoms with Crippen molar-refractivity contribution in [1.29, 1.82) is 0 Å². The molecule has 9 nitrogen and oxygen atoms in total. The zero-order chi connectivity index (χ0) is 29.3. The third kappa shape index (κ3) is 6.18. The molecular weight excluding hydrogens is 595 g/mol. The smallest absolute Gasteiger partial charge is 0.318 e. The van der Waals surface area contributed by atoms with Gasteiger partial charge in [-0.2, -0.15) is 9.29 Å². The van der Waals surface area contributed by atoms with E-state index in [1.165, 1.54) is 22.8 Å². The van der Waals surface area contributed by atoms with Crippen LogP contribution in [-0.4, -0.2) is 73.0 Å². The third-order valence-corrected chi connectivity index (χ3v) is 12.0. The van der Waals surface area contributed by atoms with E-state index in [4.69, 9.17) is 27.9 Å². The molecule has 224 valence electrons. The molecular formula is C30H36Cl2N6O3S. The molecule has 3 fully saturated rings. The molecule has 0 radical (unpaired) electrons. The van der Waals surface area contributed by atoms with Crippen molar-refractivity contribution >= 4 is 44.7 Å². The highest BCUT2D eigenvalue weighted by molar-refractivity contribution is 7.89. The summed E-state index contributed by atoms with van der Waals surface area (Å²) in [6.07, 6.45) is 11.7. The predicted molar refractivity (Wildman–Crippen MR) is 165 cm³/mol. The molecule has 1 aromatic carbocycles. The zero-order valence-electron chi connectivity index (χ0n) is 23.8. The maximum Gasteiger partial charge on any atom is 0.318 e. The number of hydrogen-bond donors (Lipinski definition) is 0. The van der Waals surface area contributed by atoms with E-state index in [-0.39, 0.29) is 40.1 Å². The number of aryl methyl sites for hydroxylation is 1. The highest BCUT2D eigenvalue weighted by atomic mass is 35.5. The number of benzene rings is 1. The number of nitrogens with zero attached hydrogens (tertiary/aromatic N) is 6. The highest BCUT2D eigenvalue weighted by Crippen LogP contribution is 2.43. The van der Waals surface area contributed by atoms with Gasteiger partial charge in [0.2, 0.25) is 10.0 Å². The van der Waals surface area contributed by atoms with Gasteiger partial charge < -0.3 is 14.5 Å². The summed E-state index contributed by atoms with van der Waals surface area (Å²) >= 11 is 12.7. The molecule has 6 rings (SSSR count). The number of rotatable bonds is 9. The molecule has 2 aromatic heterocycles. The maximum atomic E-state index is 13.6. The number of piperidine rings is 2. The average Bonchev–Trinajstić information content (AvgIpc) is 3.84. The second kappa shape index (κ2) is 12.1. The third-order valence-electron chi connectivity index (χ3n) is 8.92. The van der Waals surface area contributed by atoms with Gasteiger partial charge >= 0.3 is 6.01 Å². The number of pyridine rings is 1. The number of halogens is 2. The molecule has 3 aliphatic rings. The van der Waals surface area contributed by atoms with Crippen LogP contribution in [0.1, 0.15) is 44.1 Å². The Morgan fingerprint density at radius 1 is 0.952 bits per heavy atom. The Balaban J connectivity index is 1.04. The fraction of sp³-hybridized carbons (Fsp3) is 0.500. The summed E-state index contributed by atoms with van der Waals surface area (Å²) < 4.78 is 34.5. The van der Waals surface area contributed by atoms with E-state index in [0.29, 0.717) is 11.0 Å². The van der Waals surface area contributed by atoms with Crippen molar-refractivity contribution < 1.29 is 13.2 Å². The van der Waals surface area contributed by atoms with Gasteiger partial charge in [0.25, 0.3) is 0 Å². The topological polar surface area (TPSA) is 91.8 Å². The van der Waals surface area contributed by atoms with E-state index in [9.17, 15) is 8.42 Å². The van der Waals surface area contributed by atoms with Gasteiger partial charge in [0, 0.05) is 63.0 Å². The fourth-order valence-electron chi connectivity index (χ4n) is 6.15. The minimum atomic E-state index is -3.90. The van der Waals surface area contributed by atoms with Gasteiger partial charge in [-0.05, 0) is 80.7 Å². The molecule has 12 heteroatoms. The predicted octanol–water partition coefficient (Wildman–Crippen LogP) is 5.61. The Bertz CT molecular complexity index is 1500. The lowest BCUT2D eigenvalue weighted by Crippen LogP contribution is -2.47. The van der Waals surface area contributed by atoms with E-state index in [1.807, 2.05) is 18.5 Å². The monoisotopic (exact) mass is 630 g/mol. The molecule has 0 amide bonds.